The van der Waals surface area contributed by atoms with Crippen molar-refractivity contribution in [2.24, 2.45) is 23.7 Å². The van der Waals surface area contributed by atoms with Crippen LogP contribution >= 0.6 is 0 Å². The maximum absolute atomic E-state index is 12.2. The summed E-state index contributed by atoms with van der Waals surface area (Å²) in [7, 11) is -3.14. The van der Waals surface area contributed by atoms with Crippen LogP contribution in [0.3, 0.4) is 0 Å². The predicted octanol–water partition coefficient (Wildman–Crippen LogP) is 0.948. The van der Waals surface area contributed by atoms with Crippen LogP contribution in [0.5, 0.6) is 0 Å². The molecule has 0 amide bonds. The summed E-state index contributed by atoms with van der Waals surface area (Å²) >= 11 is 0. The van der Waals surface area contributed by atoms with E-state index in [4.69, 9.17) is 0 Å². The standard InChI is InChI=1S/C13H24N2O2S/c1-3-14-7-8(2)18(16,17)15-13-11-9-4-5-10(6-9)12(11)13/h8-15H,3-7H2,1-2H3. The fourth-order valence-corrected chi connectivity index (χ4v) is 5.51. The maximum Gasteiger partial charge on any atom is 0.215 e. The Labute approximate surface area is 110 Å². The Hall–Kier alpha value is -0.130. The molecule has 0 aromatic carbocycles. The normalized spacial score (nSPS) is 42.9. The van der Waals surface area contributed by atoms with Crippen molar-refractivity contribution in [2.75, 3.05) is 13.1 Å². The minimum Gasteiger partial charge on any atom is -0.316 e. The van der Waals surface area contributed by atoms with Crippen LogP contribution in [0.4, 0.5) is 0 Å². The second-order valence-corrected chi connectivity index (χ2v) is 8.43. The first-order chi connectivity index (χ1) is 8.54. The summed E-state index contributed by atoms with van der Waals surface area (Å²) in [5.41, 5.74) is 0. The molecule has 5 unspecified atom stereocenters. The number of rotatable bonds is 6. The van der Waals surface area contributed by atoms with Gasteiger partial charge in [0.25, 0.3) is 0 Å². The SMILES string of the molecule is CCNCC(C)S(=O)(=O)NC1C2C3CCC(C3)C12. The number of hydrogen-bond donors (Lipinski definition) is 2. The van der Waals surface area contributed by atoms with Crippen LogP contribution in [0.2, 0.25) is 0 Å². The van der Waals surface area contributed by atoms with Crippen LogP contribution in [0.15, 0.2) is 0 Å². The minimum atomic E-state index is -3.14. The van der Waals surface area contributed by atoms with E-state index in [0.29, 0.717) is 18.4 Å². The highest BCUT2D eigenvalue weighted by Crippen LogP contribution is 2.65. The van der Waals surface area contributed by atoms with E-state index in [-0.39, 0.29) is 11.3 Å². The second-order valence-electron chi connectivity index (χ2n) is 6.29. The molecule has 0 aromatic heterocycles. The second kappa shape index (κ2) is 4.46. The van der Waals surface area contributed by atoms with Crippen LogP contribution in [-0.2, 0) is 10.0 Å². The molecule has 104 valence electrons. The Morgan fingerprint density at radius 2 is 1.83 bits per heavy atom. The molecule has 5 heteroatoms. The molecule has 2 bridgehead atoms. The first kappa shape index (κ1) is 12.9. The molecule has 0 radical (unpaired) electrons. The Balaban J connectivity index is 1.57. The van der Waals surface area contributed by atoms with E-state index in [2.05, 4.69) is 10.0 Å². The lowest BCUT2D eigenvalue weighted by Gasteiger charge is -2.16. The van der Waals surface area contributed by atoms with Gasteiger partial charge in [0.05, 0.1) is 5.25 Å². The van der Waals surface area contributed by atoms with Gasteiger partial charge in [-0.15, -0.1) is 0 Å². The average Bonchev–Trinajstić information content (AvgIpc) is 2.75. The molecule has 0 aromatic rings. The smallest absolute Gasteiger partial charge is 0.215 e. The monoisotopic (exact) mass is 272 g/mol. The fourth-order valence-electron chi connectivity index (χ4n) is 4.25. The van der Waals surface area contributed by atoms with E-state index in [0.717, 1.165) is 18.4 Å². The lowest BCUT2D eigenvalue weighted by atomic mass is 10.0. The maximum atomic E-state index is 12.2. The lowest BCUT2D eigenvalue weighted by molar-refractivity contribution is 0.456. The zero-order valence-corrected chi connectivity index (χ0v) is 12.0. The Kier molecular flexibility index (Phi) is 3.19. The summed E-state index contributed by atoms with van der Waals surface area (Å²) in [5.74, 6) is 2.98. The van der Waals surface area contributed by atoms with Crippen LogP contribution in [0.1, 0.15) is 33.1 Å². The number of fused-ring (bicyclic) bond motifs is 5. The number of nitrogens with one attached hydrogen (secondary N) is 2. The molecule has 18 heavy (non-hydrogen) atoms. The summed E-state index contributed by atoms with van der Waals surface area (Å²) in [4.78, 5) is 0. The third-order valence-corrected chi connectivity index (χ3v) is 7.07. The summed E-state index contributed by atoms with van der Waals surface area (Å²) in [5, 5.41) is 2.77. The largest absolute Gasteiger partial charge is 0.316 e. The molecule has 0 spiro atoms. The molecular formula is C13H24N2O2S. The van der Waals surface area contributed by atoms with E-state index >= 15 is 0 Å². The van der Waals surface area contributed by atoms with Crippen molar-refractivity contribution in [3.8, 4) is 0 Å². The van der Waals surface area contributed by atoms with Crippen LogP contribution in [0, 0.1) is 23.7 Å². The van der Waals surface area contributed by atoms with Crippen molar-refractivity contribution in [3.63, 3.8) is 0 Å². The van der Waals surface area contributed by atoms with Crippen molar-refractivity contribution in [1.82, 2.24) is 10.0 Å². The zero-order valence-electron chi connectivity index (χ0n) is 11.2. The van der Waals surface area contributed by atoms with Crippen LogP contribution in [0.25, 0.3) is 0 Å². The van der Waals surface area contributed by atoms with Crippen molar-refractivity contribution in [2.45, 2.75) is 44.4 Å². The minimum absolute atomic E-state index is 0.269. The van der Waals surface area contributed by atoms with E-state index in [1.165, 1.54) is 19.3 Å². The third kappa shape index (κ3) is 2.00. The van der Waals surface area contributed by atoms with Crippen molar-refractivity contribution in [1.29, 1.82) is 0 Å². The van der Waals surface area contributed by atoms with Gasteiger partial charge in [0.1, 0.15) is 0 Å². The highest BCUT2D eigenvalue weighted by Gasteiger charge is 2.65. The van der Waals surface area contributed by atoms with Gasteiger partial charge in [-0.05, 0) is 56.4 Å². The van der Waals surface area contributed by atoms with Gasteiger partial charge < -0.3 is 5.32 Å². The summed E-state index contributed by atoms with van der Waals surface area (Å²) < 4.78 is 27.4. The van der Waals surface area contributed by atoms with Gasteiger partial charge >= 0.3 is 0 Å². The third-order valence-electron chi connectivity index (χ3n) is 5.25. The molecule has 4 nitrogen and oxygen atoms in total. The van der Waals surface area contributed by atoms with Crippen molar-refractivity contribution < 1.29 is 8.42 Å². The molecule has 3 saturated carbocycles. The highest BCUT2D eigenvalue weighted by atomic mass is 32.2. The quantitative estimate of drug-likeness (QED) is 0.757. The Bertz CT molecular complexity index is 407. The van der Waals surface area contributed by atoms with Gasteiger partial charge in [0, 0.05) is 12.6 Å². The molecule has 3 aliphatic rings. The van der Waals surface area contributed by atoms with Gasteiger partial charge in [0.15, 0.2) is 0 Å². The zero-order chi connectivity index (χ0) is 12.9. The van der Waals surface area contributed by atoms with Gasteiger partial charge in [-0.25, -0.2) is 13.1 Å². The first-order valence-corrected chi connectivity index (χ1v) is 8.81. The van der Waals surface area contributed by atoms with Crippen molar-refractivity contribution >= 4 is 10.0 Å². The number of hydrogen-bond acceptors (Lipinski definition) is 3. The molecule has 3 fully saturated rings. The number of sulfonamides is 1. The average molecular weight is 272 g/mol. The molecular weight excluding hydrogens is 248 g/mol. The van der Waals surface area contributed by atoms with E-state index in [9.17, 15) is 8.42 Å². The Morgan fingerprint density at radius 3 is 2.39 bits per heavy atom. The summed E-state index contributed by atoms with van der Waals surface area (Å²) in [6.07, 6.45) is 4.02. The first-order valence-electron chi connectivity index (χ1n) is 7.26. The molecule has 3 rings (SSSR count). The molecule has 2 N–H and O–H groups in total. The molecule has 3 aliphatic carbocycles. The topological polar surface area (TPSA) is 58.2 Å². The molecule has 0 heterocycles. The van der Waals surface area contributed by atoms with Gasteiger partial charge in [-0.1, -0.05) is 6.92 Å². The van der Waals surface area contributed by atoms with Crippen molar-refractivity contribution in [3.05, 3.63) is 0 Å². The van der Waals surface area contributed by atoms with Gasteiger partial charge in [0.2, 0.25) is 10.0 Å². The Morgan fingerprint density at radius 1 is 1.22 bits per heavy atom. The van der Waals surface area contributed by atoms with E-state index in [1.807, 2.05) is 6.92 Å². The lowest BCUT2D eigenvalue weighted by Crippen LogP contribution is -2.41. The summed E-state index contributed by atoms with van der Waals surface area (Å²) in [6, 6.07) is 0.269. The molecule has 0 aliphatic heterocycles. The summed E-state index contributed by atoms with van der Waals surface area (Å²) in [6.45, 7) is 5.15. The fraction of sp³-hybridized carbons (Fsp3) is 1.00. The molecule has 0 saturated heterocycles. The van der Waals surface area contributed by atoms with Crippen LogP contribution < -0.4 is 10.0 Å². The van der Waals surface area contributed by atoms with Gasteiger partial charge in [-0.3, -0.25) is 0 Å². The predicted molar refractivity (Wildman–Crippen MR) is 71.7 cm³/mol. The van der Waals surface area contributed by atoms with Gasteiger partial charge in [-0.2, -0.15) is 0 Å². The van der Waals surface area contributed by atoms with E-state index in [1.54, 1.807) is 6.92 Å². The molecule has 5 atom stereocenters. The highest BCUT2D eigenvalue weighted by molar-refractivity contribution is 7.90. The van der Waals surface area contributed by atoms with Crippen LogP contribution in [-0.4, -0.2) is 32.8 Å². The van der Waals surface area contributed by atoms with E-state index < -0.39 is 10.0 Å².